The van der Waals surface area contributed by atoms with Crippen LogP contribution in [0.4, 0.5) is 10.1 Å². The Morgan fingerprint density at radius 1 is 1.38 bits per heavy atom. The van der Waals surface area contributed by atoms with E-state index in [1.54, 1.807) is 12.1 Å². The van der Waals surface area contributed by atoms with Crippen molar-refractivity contribution in [2.45, 2.75) is 38.1 Å². The lowest BCUT2D eigenvalue weighted by atomic mass is 9.91. The highest BCUT2D eigenvalue weighted by Gasteiger charge is 2.24. The van der Waals surface area contributed by atoms with Gasteiger partial charge in [0.05, 0.1) is 0 Å². The zero-order valence-corrected chi connectivity index (χ0v) is 12.2. The van der Waals surface area contributed by atoms with E-state index < -0.39 is 0 Å². The van der Waals surface area contributed by atoms with Crippen molar-refractivity contribution >= 4 is 11.6 Å². The number of nitrogens with one attached hydrogen (secondary N) is 1. The average molecular weight is 294 g/mol. The quantitative estimate of drug-likeness (QED) is 0.774. The summed E-state index contributed by atoms with van der Waals surface area (Å²) in [5, 5.41) is 11.7. The van der Waals surface area contributed by atoms with Crippen LogP contribution in [0.3, 0.4) is 0 Å². The third-order valence-corrected chi connectivity index (χ3v) is 3.93. The summed E-state index contributed by atoms with van der Waals surface area (Å²) >= 11 is 0. The van der Waals surface area contributed by atoms with Crippen LogP contribution in [0, 0.1) is 5.82 Å². The molecule has 1 amide bonds. The minimum absolute atomic E-state index is 0.103. The third kappa shape index (κ3) is 5.10. The maximum atomic E-state index is 13.0. The van der Waals surface area contributed by atoms with Crippen molar-refractivity contribution in [3.63, 3.8) is 0 Å². The lowest BCUT2D eigenvalue weighted by Crippen LogP contribution is -2.42. The van der Waals surface area contributed by atoms with E-state index in [-0.39, 0.29) is 18.3 Å². The fourth-order valence-electron chi connectivity index (χ4n) is 2.54. The number of aliphatic hydroxyl groups excluding tert-OH is 1. The SMILES string of the molecule is O=C(CCN(CCCO)C1CCC1)Nc1cccc(F)c1. The first-order valence-corrected chi connectivity index (χ1v) is 7.59. The number of nitrogens with zero attached hydrogens (tertiary/aromatic N) is 1. The molecule has 0 aromatic heterocycles. The van der Waals surface area contributed by atoms with Crippen LogP contribution in [0.2, 0.25) is 0 Å². The summed E-state index contributed by atoms with van der Waals surface area (Å²) in [6.07, 6.45) is 4.73. The molecular formula is C16H23FN2O2. The zero-order chi connectivity index (χ0) is 15.1. The van der Waals surface area contributed by atoms with Gasteiger partial charge in [-0.1, -0.05) is 12.5 Å². The molecule has 0 radical (unpaired) electrons. The van der Waals surface area contributed by atoms with Gasteiger partial charge in [-0.25, -0.2) is 4.39 Å². The van der Waals surface area contributed by atoms with Crippen LogP contribution in [0.25, 0.3) is 0 Å². The van der Waals surface area contributed by atoms with Crippen LogP contribution in [-0.4, -0.2) is 41.7 Å². The Kier molecular flexibility index (Phi) is 6.14. The van der Waals surface area contributed by atoms with E-state index in [9.17, 15) is 9.18 Å². The molecule has 116 valence electrons. The molecule has 1 aromatic carbocycles. The fraction of sp³-hybridized carbons (Fsp3) is 0.562. The molecule has 1 aliphatic carbocycles. The van der Waals surface area contributed by atoms with E-state index in [2.05, 4.69) is 10.2 Å². The van der Waals surface area contributed by atoms with Gasteiger partial charge in [0, 0.05) is 37.8 Å². The molecule has 1 fully saturated rings. The summed E-state index contributed by atoms with van der Waals surface area (Å²) < 4.78 is 13.0. The number of benzene rings is 1. The van der Waals surface area contributed by atoms with Crippen LogP contribution >= 0.6 is 0 Å². The minimum Gasteiger partial charge on any atom is -0.396 e. The van der Waals surface area contributed by atoms with Crippen molar-refractivity contribution in [3.8, 4) is 0 Å². The van der Waals surface area contributed by atoms with Crippen molar-refractivity contribution in [3.05, 3.63) is 30.1 Å². The van der Waals surface area contributed by atoms with Crippen LogP contribution in [0.5, 0.6) is 0 Å². The molecule has 0 aliphatic heterocycles. The third-order valence-electron chi connectivity index (χ3n) is 3.93. The van der Waals surface area contributed by atoms with Crippen molar-refractivity contribution in [2.24, 2.45) is 0 Å². The molecular weight excluding hydrogens is 271 g/mol. The van der Waals surface area contributed by atoms with Crippen molar-refractivity contribution in [2.75, 3.05) is 25.0 Å². The molecule has 1 saturated carbocycles. The number of amides is 1. The summed E-state index contributed by atoms with van der Waals surface area (Å²) in [5.41, 5.74) is 0.491. The first-order chi connectivity index (χ1) is 10.2. The number of carbonyl (C=O) groups excluding carboxylic acids is 1. The molecule has 0 atom stereocenters. The molecule has 0 bridgehead atoms. The number of rotatable bonds is 8. The van der Waals surface area contributed by atoms with Gasteiger partial charge in [-0.15, -0.1) is 0 Å². The topological polar surface area (TPSA) is 52.6 Å². The van der Waals surface area contributed by atoms with E-state index in [1.807, 2.05) is 0 Å². The molecule has 0 heterocycles. The number of aliphatic hydroxyl groups is 1. The van der Waals surface area contributed by atoms with Crippen LogP contribution in [0.15, 0.2) is 24.3 Å². The largest absolute Gasteiger partial charge is 0.396 e. The van der Waals surface area contributed by atoms with Gasteiger partial charge in [-0.2, -0.15) is 0 Å². The molecule has 2 rings (SSSR count). The van der Waals surface area contributed by atoms with E-state index in [1.165, 1.54) is 31.4 Å². The average Bonchev–Trinajstić information content (AvgIpc) is 2.39. The lowest BCUT2D eigenvalue weighted by Gasteiger charge is -2.37. The second kappa shape index (κ2) is 8.10. The Bertz CT molecular complexity index is 463. The summed E-state index contributed by atoms with van der Waals surface area (Å²) in [7, 11) is 0. The number of carbonyl (C=O) groups is 1. The molecule has 5 heteroatoms. The molecule has 2 N–H and O–H groups in total. The Morgan fingerprint density at radius 3 is 2.81 bits per heavy atom. The van der Waals surface area contributed by atoms with Crippen molar-refractivity contribution in [1.29, 1.82) is 0 Å². The maximum Gasteiger partial charge on any atom is 0.225 e. The summed E-state index contributed by atoms with van der Waals surface area (Å²) in [6.45, 7) is 1.69. The van der Waals surface area contributed by atoms with Gasteiger partial charge in [0.15, 0.2) is 0 Å². The first-order valence-electron chi connectivity index (χ1n) is 7.59. The van der Waals surface area contributed by atoms with Crippen LogP contribution in [-0.2, 0) is 4.79 Å². The van der Waals surface area contributed by atoms with Gasteiger partial charge in [-0.05, 0) is 37.5 Å². The van der Waals surface area contributed by atoms with E-state index in [0.29, 0.717) is 24.7 Å². The standard InChI is InChI=1S/C16H23FN2O2/c17-13-4-1-5-14(12-13)18-16(21)8-10-19(9-3-11-20)15-6-2-7-15/h1,4-5,12,15,20H,2-3,6-11H2,(H,18,21). The smallest absolute Gasteiger partial charge is 0.225 e. The van der Waals surface area contributed by atoms with Crippen molar-refractivity contribution < 1.29 is 14.3 Å². The van der Waals surface area contributed by atoms with Gasteiger partial charge in [-0.3, -0.25) is 9.69 Å². The number of hydrogen-bond acceptors (Lipinski definition) is 3. The highest BCUT2D eigenvalue weighted by Crippen LogP contribution is 2.25. The minimum atomic E-state index is -0.355. The van der Waals surface area contributed by atoms with Gasteiger partial charge in [0.2, 0.25) is 5.91 Å². The van der Waals surface area contributed by atoms with Gasteiger partial charge in [0.1, 0.15) is 5.82 Å². The molecule has 0 unspecified atom stereocenters. The zero-order valence-electron chi connectivity index (χ0n) is 12.2. The summed E-state index contributed by atoms with van der Waals surface area (Å²) in [6, 6.07) is 6.47. The number of halogens is 1. The Balaban J connectivity index is 1.78. The van der Waals surface area contributed by atoms with Crippen molar-refractivity contribution in [1.82, 2.24) is 4.90 Å². The van der Waals surface area contributed by atoms with E-state index >= 15 is 0 Å². The summed E-state index contributed by atoms with van der Waals surface area (Å²) in [5.74, 6) is -0.458. The predicted octanol–water partition coefficient (Wildman–Crippen LogP) is 2.39. The van der Waals surface area contributed by atoms with Gasteiger partial charge < -0.3 is 10.4 Å². The second-order valence-corrected chi connectivity index (χ2v) is 5.51. The number of hydrogen-bond donors (Lipinski definition) is 2. The number of anilines is 1. The highest BCUT2D eigenvalue weighted by atomic mass is 19.1. The fourth-order valence-corrected chi connectivity index (χ4v) is 2.54. The van der Waals surface area contributed by atoms with Gasteiger partial charge in [0.25, 0.3) is 0 Å². The normalized spacial score (nSPS) is 15.0. The molecule has 0 spiro atoms. The lowest BCUT2D eigenvalue weighted by molar-refractivity contribution is -0.116. The van der Waals surface area contributed by atoms with E-state index in [0.717, 1.165) is 13.0 Å². The Hall–Kier alpha value is -1.46. The molecule has 21 heavy (non-hydrogen) atoms. The maximum absolute atomic E-state index is 13.0. The van der Waals surface area contributed by atoms with E-state index in [4.69, 9.17) is 5.11 Å². The van der Waals surface area contributed by atoms with Gasteiger partial charge >= 0.3 is 0 Å². The van der Waals surface area contributed by atoms with Crippen LogP contribution < -0.4 is 5.32 Å². The highest BCUT2D eigenvalue weighted by molar-refractivity contribution is 5.90. The first kappa shape index (κ1) is 15.9. The monoisotopic (exact) mass is 294 g/mol. The molecule has 1 aliphatic rings. The Labute approximate surface area is 125 Å². The Morgan fingerprint density at radius 2 is 2.19 bits per heavy atom. The predicted molar refractivity (Wildman–Crippen MR) is 80.6 cm³/mol. The molecule has 1 aromatic rings. The second-order valence-electron chi connectivity index (χ2n) is 5.51. The molecule has 0 saturated heterocycles. The summed E-state index contributed by atoms with van der Waals surface area (Å²) in [4.78, 5) is 14.2. The molecule has 4 nitrogen and oxygen atoms in total. The van der Waals surface area contributed by atoms with Crippen LogP contribution in [0.1, 0.15) is 32.1 Å².